The van der Waals surface area contributed by atoms with Crippen LogP contribution in [0.25, 0.3) is 0 Å². The van der Waals surface area contributed by atoms with Crippen LogP contribution in [0.15, 0.2) is 18.3 Å². The number of rotatable bonds is 4. The third kappa shape index (κ3) is 3.44. The zero-order chi connectivity index (χ0) is 13.8. The van der Waals surface area contributed by atoms with Crippen molar-refractivity contribution in [3.05, 3.63) is 23.9 Å². The van der Waals surface area contributed by atoms with Crippen LogP contribution in [0.3, 0.4) is 0 Å². The van der Waals surface area contributed by atoms with Gasteiger partial charge in [0.1, 0.15) is 5.82 Å². The molecule has 1 amide bonds. The minimum Gasteiger partial charge on any atom is -0.373 e. The number of aromatic nitrogens is 1. The number of hydrogen-bond donors (Lipinski definition) is 2. The number of piperidine rings is 1. The second-order valence-electron chi connectivity index (χ2n) is 5.26. The summed E-state index contributed by atoms with van der Waals surface area (Å²) in [5.41, 5.74) is 6.58. The Morgan fingerprint density at radius 1 is 1.53 bits per heavy atom. The van der Waals surface area contributed by atoms with E-state index >= 15 is 0 Å². The molecular formula is C14H22N4O. The molecule has 0 bridgehead atoms. The summed E-state index contributed by atoms with van der Waals surface area (Å²) in [6.07, 6.45) is 3.81. The molecule has 2 rings (SSSR count). The van der Waals surface area contributed by atoms with Gasteiger partial charge in [0, 0.05) is 32.4 Å². The fraction of sp³-hybridized carbons (Fsp3) is 0.571. The molecule has 0 aliphatic carbocycles. The van der Waals surface area contributed by atoms with Crippen LogP contribution in [0.4, 0.5) is 5.82 Å². The average Bonchev–Trinajstić information content (AvgIpc) is 2.42. The number of nitrogens with two attached hydrogens (primary N) is 1. The third-order valence-electron chi connectivity index (χ3n) is 3.88. The topological polar surface area (TPSA) is 71.2 Å². The fourth-order valence-corrected chi connectivity index (χ4v) is 2.53. The van der Waals surface area contributed by atoms with E-state index in [1.165, 1.54) is 0 Å². The van der Waals surface area contributed by atoms with Gasteiger partial charge >= 0.3 is 0 Å². The molecule has 0 aromatic carbocycles. The van der Waals surface area contributed by atoms with Gasteiger partial charge in [0.25, 0.3) is 0 Å². The lowest BCUT2D eigenvalue weighted by atomic mass is 9.92. The van der Waals surface area contributed by atoms with Crippen molar-refractivity contribution >= 4 is 11.7 Å². The molecule has 1 aromatic heterocycles. The van der Waals surface area contributed by atoms with Gasteiger partial charge in [-0.2, -0.15) is 0 Å². The molecular weight excluding hydrogens is 240 g/mol. The molecule has 19 heavy (non-hydrogen) atoms. The van der Waals surface area contributed by atoms with Crippen molar-refractivity contribution in [1.82, 2.24) is 9.88 Å². The van der Waals surface area contributed by atoms with Gasteiger partial charge in [-0.05, 0) is 31.4 Å². The first-order chi connectivity index (χ1) is 9.10. The Labute approximate surface area is 114 Å². The molecule has 5 nitrogen and oxygen atoms in total. The zero-order valence-electron chi connectivity index (χ0n) is 11.6. The van der Waals surface area contributed by atoms with Crippen molar-refractivity contribution in [3.8, 4) is 0 Å². The van der Waals surface area contributed by atoms with Crippen molar-refractivity contribution in [2.24, 2.45) is 11.7 Å². The predicted molar refractivity (Wildman–Crippen MR) is 75.6 cm³/mol. The van der Waals surface area contributed by atoms with Gasteiger partial charge in [-0.15, -0.1) is 0 Å². The molecule has 1 aliphatic heterocycles. The summed E-state index contributed by atoms with van der Waals surface area (Å²) < 4.78 is 0. The first-order valence-corrected chi connectivity index (χ1v) is 6.76. The summed E-state index contributed by atoms with van der Waals surface area (Å²) in [7, 11) is 1.85. The molecule has 104 valence electrons. The van der Waals surface area contributed by atoms with E-state index in [1.54, 1.807) is 0 Å². The van der Waals surface area contributed by atoms with Crippen LogP contribution >= 0.6 is 0 Å². The number of likely N-dealkylation sites (tertiary alicyclic amines) is 1. The highest BCUT2D eigenvalue weighted by Crippen LogP contribution is 2.23. The van der Waals surface area contributed by atoms with Gasteiger partial charge < -0.3 is 11.1 Å². The van der Waals surface area contributed by atoms with E-state index in [2.05, 4.69) is 28.2 Å². The largest absolute Gasteiger partial charge is 0.373 e. The molecule has 3 N–H and O–H groups in total. The van der Waals surface area contributed by atoms with Crippen LogP contribution in [-0.4, -0.2) is 35.4 Å². The predicted octanol–water partition coefficient (Wildman–Crippen LogP) is 1.21. The van der Waals surface area contributed by atoms with Crippen molar-refractivity contribution < 1.29 is 4.79 Å². The standard InChI is InChI=1S/C14H22N4O/c1-10-3-5-12(14(15)19)9-18(10)8-11-4-6-13(16-2)17-7-11/h4,6-7,10,12H,3,5,8-9H2,1-2H3,(H2,15,19)(H,16,17). The maximum atomic E-state index is 11.3. The number of hydrogen-bond acceptors (Lipinski definition) is 4. The van der Waals surface area contributed by atoms with Crippen LogP contribution in [0, 0.1) is 5.92 Å². The van der Waals surface area contributed by atoms with Gasteiger partial charge in [-0.3, -0.25) is 9.69 Å². The lowest BCUT2D eigenvalue weighted by Crippen LogP contribution is -2.45. The van der Waals surface area contributed by atoms with Gasteiger partial charge in [-0.1, -0.05) is 6.07 Å². The number of nitrogens with zero attached hydrogens (tertiary/aromatic N) is 2. The Balaban J connectivity index is 2.01. The first kappa shape index (κ1) is 13.8. The lowest BCUT2D eigenvalue weighted by Gasteiger charge is -2.36. The molecule has 2 atom stereocenters. The zero-order valence-corrected chi connectivity index (χ0v) is 11.6. The Hall–Kier alpha value is -1.62. The third-order valence-corrected chi connectivity index (χ3v) is 3.88. The minimum absolute atomic E-state index is 0.0132. The van der Waals surface area contributed by atoms with Crippen LogP contribution < -0.4 is 11.1 Å². The monoisotopic (exact) mass is 262 g/mol. The van der Waals surface area contributed by atoms with Gasteiger partial charge in [0.15, 0.2) is 0 Å². The van der Waals surface area contributed by atoms with Crippen molar-refractivity contribution in [3.63, 3.8) is 0 Å². The molecule has 0 spiro atoms. The second-order valence-corrected chi connectivity index (χ2v) is 5.26. The highest BCUT2D eigenvalue weighted by atomic mass is 16.1. The smallest absolute Gasteiger partial charge is 0.221 e. The first-order valence-electron chi connectivity index (χ1n) is 6.76. The number of carbonyl (C=O) groups is 1. The van der Waals surface area contributed by atoms with E-state index in [0.29, 0.717) is 6.04 Å². The van der Waals surface area contributed by atoms with Crippen LogP contribution in [0.1, 0.15) is 25.3 Å². The van der Waals surface area contributed by atoms with Crippen molar-refractivity contribution in [1.29, 1.82) is 0 Å². The van der Waals surface area contributed by atoms with Gasteiger partial charge in [0.05, 0.1) is 5.92 Å². The Bertz CT molecular complexity index is 432. The molecule has 1 aliphatic rings. The van der Waals surface area contributed by atoms with E-state index in [1.807, 2.05) is 19.3 Å². The SMILES string of the molecule is CNc1ccc(CN2CC(C(N)=O)CCC2C)cn1. The van der Waals surface area contributed by atoms with Gasteiger partial charge in [-0.25, -0.2) is 4.98 Å². The molecule has 1 fully saturated rings. The summed E-state index contributed by atoms with van der Waals surface area (Å²) in [6.45, 7) is 3.78. The summed E-state index contributed by atoms with van der Waals surface area (Å²) in [5, 5.41) is 3.00. The summed E-state index contributed by atoms with van der Waals surface area (Å²) in [5.74, 6) is 0.673. The van der Waals surface area contributed by atoms with E-state index in [4.69, 9.17) is 5.73 Å². The minimum atomic E-state index is -0.180. The molecule has 2 unspecified atom stereocenters. The number of pyridine rings is 1. The number of nitrogens with one attached hydrogen (secondary N) is 1. The van der Waals surface area contributed by atoms with E-state index in [9.17, 15) is 4.79 Å². The highest BCUT2D eigenvalue weighted by Gasteiger charge is 2.28. The summed E-state index contributed by atoms with van der Waals surface area (Å²) in [6, 6.07) is 4.52. The average molecular weight is 262 g/mol. The molecule has 5 heteroatoms. The molecule has 1 saturated heterocycles. The second kappa shape index (κ2) is 6.02. The Kier molecular flexibility index (Phi) is 4.37. The fourth-order valence-electron chi connectivity index (χ4n) is 2.53. The van der Waals surface area contributed by atoms with Crippen molar-refractivity contribution in [2.45, 2.75) is 32.4 Å². The van der Waals surface area contributed by atoms with E-state index in [-0.39, 0.29) is 11.8 Å². The number of primary amides is 1. The van der Waals surface area contributed by atoms with Crippen LogP contribution in [-0.2, 0) is 11.3 Å². The number of carbonyl (C=O) groups excluding carboxylic acids is 1. The molecule has 2 heterocycles. The van der Waals surface area contributed by atoms with E-state index < -0.39 is 0 Å². The molecule has 0 saturated carbocycles. The summed E-state index contributed by atoms with van der Waals surface area (Å²) in [4.78, 5) is 17.9. The maximum absolute atomic E-state index is 11.3. The number of amides is 1. The highest BCUT2D eigenvalue weighted by molar-refractivity contribution is 5.76. The Morgan fingerprint density at radius 3 is 2.89 bits per heavy atom. The Morgan fingerprint density at radius 2 is 2.32 bits per heavy atom. The summed E-state index contributed by atoms with van der Waals surface area (Å²) >= 11 is 0. The number of anilines is 1. The van der Waals surface area contributed by atoms with Gasteiger partial charge in [0.2, 0.25) is 5.91 Å². The molecule has 1 aromatic rings. The van der Waals surface area contributed by atoms with Crippen LogP contribution in [0.2, 0.25) is 0 Å². The van der Waals surface area contributed by atoms with Crippen LogP contribution in [0.5, 0.6) is 0 Å². The van der Waals surface area contributed by atoms with Crippen molar-refractivity contribution in [2.75, 3.05) is 18.9 Å². The van der Waals surface area contributed by atoms with E-state index in [0.717, 1.165) is 37.3 Å². The quantitative estimate of drug-likeness (QED) is 0.855. The maximum Gasteiger partial charge on any atom is 0.221 e. The lowest BCUT2D eigenvalue weighted by molar-refractivity contribution is -0.124. The molecule has 0 radical (unpaired) electrons. The normalized spacial score (nSPS) is 24.1.